The summed E-state index contributed by atoms with van der Waals surface area (Å²) < 4.78 is 34.6. The van der Waals surface area contributed by atoms with Crippen molar-refractivity contribution >= 4 is 21.6 Å². The number of hydrogen-bond acceptors (Lipinski definition) is 4. The molecule has 0 aliphatic rings. The molecule has 0 radical (unpaired) electrons. The number of nitrogens with zero attached hydrogens (tertiary/aromatic N) is 2. The molecule has 23 heavy (non-hydrogen) atoms. The van der Waals surface area contributed by atoms with E-state index in [0.29, 0.717) is 18.1 Å². The van der Waals surface area contributed by atoms with Gasteiger partial charge in [0.1, 0.15) is 15.8 Å². The molecule has 6 nitrogen and oxygen atoms in total. The highest BCUT2D eigenvalue weighted by molar-refractivity contribution is 7.89. The Hall–Kier alpha value is -1.57. The number of aryl methyl sites for hydroxylation is 2. The molecule has 0 saturated carbocycles. The van der Waals surface area contributed by atoms with Gasteiger partial charge in [-0.2, -0.15) is 5.10 Å². The van der Waals surface area contributed by atoms with Crippen LogP contribution in [0.4, 0.5) is 0 Å². The second-order valence-electron chi connectivity index (χ2n) is 5.18. The quantitative estimate of drug-likeness (QED) is 0.862. The maximum Gasteiger partial charge on any atom is 0.246 e. The zero-order chi connectivity index (χ0) is 17.2. The maximum absolute atomic E-state index is 12.6. The van der Waals surface area contributed by atoms with Gasteiger partial charge in [0.05, 0.1) is 12.3 Å². The van der Waals surface area contributed by atoms with Crippen LogP contribution in [-0.4, -0.2) is 24.8 Å². The van der Waals surface area contributed by atoms with Crippen molar-refractivity contribution < 1.29 is 13.2 Å². The molecule has 0 aliphatic carbocycles. The van der Waals surface area contributed by atoms with Crippen molar-refractivity contribution in [3.8, 4) is 5.75 Å². The molecule has 0 fully saturated rings. The number of ether oxygens (including phenoxy) is 1. The monoisotopic (exact) mass is 357 g/mol. The predicted octanol–water partition coefficient (Wildman–Crippen LogP) is 2.82. The Morgan fingerprint density at radius 2 is 2.13 bits per heavy atom. The van der Waals surface area contributed by atoms with Crippen molar-refractivity contribution in [2.45, 2.75) is 31.7 Å². The third-order valence-corrected chi connectivity index (χ3v) is 5.61. The zero-order valence-corrected chi connectivity index (χ0v) is 15.1. The second kappa shape index (κ2) is 6.90. The fraction of sp³-hybridized carbons (Fsp3) is 0.400. The van der Waals surface area contributed by atoms with E-state index >= 15 is 0 Å². The normalized spacial score (nSPS) is 13.1. The summed E-state index contributed by atoms with van der Waals surface area (Å²) in [5.41, 5.74) is 1.16. The highest BCUT2D eigenvalue weighted by atomic mass is 35.5. The summed E-state index contributed by atoms with van der Waals surface area (Å²) in [5, 5.41) is 4.13. The molecule has 0 aliphatic heterocycles. The largest absolute Gasteiger partial charge is 0.494 e. The third kappa shape index (κ3) is 3.85. The van der Waals surface area contributed by atoms with Gasteiger partial charge in [0.25, 0.3) is 0 Å². The zero-order valence-electron chi connectivity index (χ0n) is 13.5. The van der Waals surface area contributed by atoms with Gasteiger partial charge < -0.3 is 4.74 Å². The van der Waals surface area contributed by atoms with Gasteiger partial charge in [-0.15, -0.1) is 0 Å². The van der Waals surface area contributed by atoms with E-state index in [4.69, 9.17) is 16.3 Å². The number of halogens is 1. The van der Waals surface area contributed by atoms with Crippen molar-refractivity contribution in [1.82, 2.24) is 14.5 Å². The molecule has 0 amide bonds. The first kappa shape index (κ1) is 17.8. The van der Waals surface area contributed by atoms with Crippen LogP contribution >= 0.6 is 11.6 Å². The number of hydrogen-bond donors (Lipinski definition) is 1. The Balaban J connectivity index is 2.28. The molecule has 1 aromatic carbocycles. The summed E-state index contributed by atoms with van der Waals surface area (Å²) in [5.74, 6) is 0.701. The average molecular weight is 358 g/mol. The van der Waals surface area contributed by atoms with Gasteiger partial charge in [-0.05, 0) is 38.5 Å². The molecule has 0 saturated heterocycles. The highest BCUT2D eigenvalue weighted by Gasteiger charge is 2.27. The van der Waals surface area contributed by atoms with E-state index in [1.807, 2.05) is 31.2 Å². The molecular formula is C15H20ClN3O3S. The van der Waals surface area contributed by atoms with Crippen LogP contribution < -0.4 is 9.46 Å². The molecule has 1 atom stereocenters. The van der Waals surface area contributed by atoms with E-state index in [-0.39, 0.29) is 10.0 Å². The van der Waals surface area contributed by atoms with Crippen molar-refractivity contribution in [2.24, 2.45) is 7.05 Å². The second-order valence-corrected chi connectivity index (χ2v) is 7.19. The topological polar surface area (TPSA) is 73.2 Å². The first-order valence-electron chi connectivity index (χ1n) is 7.20. The van der Waals surface area contributed by atoms with Crippen LogP contribution in [0.3, 0.4) is 0 Å². The van der Waals surface area contributed by atoms with E-state index in [1.165, 1.54) is 4.68 Å². The fourth-order valence-corrected chi connectivity index (χ4v) is 4.30. The summed E-state index contributed by atoms with van der Waals surface area (Å²) in [6.07, 6.45) is 0. The van der Waals surface area contributed by atoms with E-state index < -0.39 is 16.1 Å². The lowest BCUT2D eigenvalue weighted by Crippen LogP contribution is -2.27. The third-order valence-electron chi connectivity index (χ3n) is 3.37. The van der Waals surface area contributed by atoms with Gasteiger partial charge in [0, 0.05) is 13.1 Å². The van der Waals surface area contributed by atoms with Gasteiger partial charge in [0.2, 0.25) is 10.0 Å². The molecule has 1 N–H and O–H groups in total. The van der Waals surface area contributed by atoms with Gasteiger partial charge in [-0.3, -0.25) is 4.68 Å². The standard InChI is InChI=1S/C15H20ClN3O3S/c1-5-22-13-8-6-7-12(9-13)10(2)18-23(20,21)14-11(3)17-19(4)15(14)16/h6-10,18H,5H2,1-4H3. The number of aromatic nitrogens is 2. The van der Waals surface area contributed by atoms with Crippen LogP contribution in [-0.2, 0) is 17.1 Å². The molecule has 1 unspecified atom stereocenters. The molecule has 126 valence electrons. The number of nitrogens with one attached hydrogen (secondary N) is 1. The molecule has 0 bridgehead atoms. The van der Waals surface area contributed by atoms with E-state index in [2.05, 4.69) is 9.82 Å². The Kier molecular flexibility index (Phi) is 5.33. The number of benzene rings is 1. The Labute approximate surface area is 141 Å². The van der Waals surface area contributed by atoms with Crippen molar-refractivity contribution in [2.75, 3.05) is 6.61 Å². The molecule has 1 heterocycles. The highest BCUT2D eigenvalue weighted by Crippen LogP contribution is 2.26. The van der Waals surface area contributed by atoms with E-state index in [9.17, 15) is 8.42 Å². The van der Waals surface area contributed by atoms with Gasteiger partial charge in [0.15, 0.2) is 0 Å². The summed E-state index contributed by atoms with van der Waals surface area (Å²) >= 11 is 6.06. The van der Waals surface area contributed by atoms with Crippen LogP contribution in [0.25, 0.3) is 0 Å². The van der Waals surface area contributed by atoms with Crippen LogP contribution in [0.1, 0.15) is 31.1 Å². The van der Waals surface area contributed by atoms with E-state index in [1.54, 1.807) is 20.9 Å². The number of sulfonamides is 1. The summed E-state index contributed by atoms with van der Waals surface area (Å²) in [7, 11) is -2.18. The molecular weight excluding hydrogens is 338 g/mol. The molecule has 1 aromatic heterocycles. The van der Waals surface area contributed by atoms with Crippen LogP contribution in [0.5, 0.6) is 5.75 Å². The predicted molar refractivity (Wildman–Crippen MR) is 89.3 cm³/mol. The van der Waals surface area contributed by atoms with Gasteiger partial charge in [-0.1, -0.05) is 23.7 Å². The minimum absolute atomic E-state index is 0.00878. The van der Waals surface area contributed by atoms with Crippen LogP contribution in [0, 0.1) is 6.92 Å². The molecule has 0 spiro atoms. The summed E-state index contributed by atoms with van der Waals surface area (Å²) in [4.78, 5) is 0.00878. The number of rotatable bonds is 6. The average Bonchev–Trinajstić information content (AvgIpc) is 2.72. The Morgan fingerprint density at radius 1 is 1.43 bits per heavy atom. The summed E-state index contributed by atoms with van der Waals surface area (Å²) in [6.45, 7) is 5.82. The Bertz CT molecular complexity index is 802. The molecule has 8 heteroatoms. The lowest BCUT2D eigenvalue weighted by molar-refractivity contribution is 0.339. The van der Waals surface area contributed by atoms with Crippen molar-refractivity contribution in [3.63, 3.8) is 0 Å². The lowest BCUT2D eigenvalue weighted by atomic mass is 10.1. The first-order chi connectivity index (χ1) is 10.8. The van der Waals surface area contributed by atoms with Crippen molar-refractivity contribution in [1.29, 1.82) is 0 Å². The van der Waals surface area contributed by atoms with Crippen LogP contribution in [0.2, 0.25) is 5.15 Å². The molecule has 2 aromatic rings. The minimum Gasteiger partial charge on any atom is -0.494 e. The first-order valence-corrected chi connectivity index (χ1v) is 9.06. The van der Waals surface area contributed by atoms with Crippen molar-refractivity contribution in [3.05, 3.63) is 40.7 Å². The van der Waals surface area contributed by atoms with E-state index in [0.717, 1.165) is 5.56 Å². The van der Waals surface area contributed by atoms with Gasteiger partial charge in [-0.25, -0.2) is 13.1 Å². The fourth-order valence-electron chi connectivity index (χ4n) is 2.32. The van der Waals surface area contributed by atoms with Gasteiger partial charge >= 0.3 is 0 Å². The Morgan fingerprint density at radius 3 is 2.70 bits per heavy atom. The smallest absolute Gasteiger partial charge is 0.246 e. The lowest BCUT2D eigenvalue weighted by Gasteiger charge is -2.15. The minimum atomic E-state index is -3.78. The summed E-state index contributed by atoms with van der Waals surface area (Å²) in [6, 6.07) is 6.88. The van der Waals surface area contributed by atoms with Crippen LogP contribution in [0.15, 0.2) is 29.2 Å². The molecule has 2 rings (SSSR count). The maximum atomic E-state index is 12.6. The SMILES string of the molecule is CCOc1cccc(C(C)NS(=O)(=O)c2c(C)nn(C)c2Cl)c1.